The van der Waals surface area contributed by atoms with Crippen LogP contribution < -0.4 is 5.56 Å². The van der Waals surface area contributed by atoms with Gasteiger partial charge in [0.15, 0.2) is 0 Å². The van der Waals surface area contributed by atoms with Crippen LogP contribution in [0.1, 0.15) is 18.9 Å². The monoisotopic (exact) mass is 187 g/mol. The van der Waals surface area contributed by atoms with Gasteiger partial charge in [-0.1, -0.05) is 24.9 Å². The van der Waals surface area contributed by atoms with Crippen LogP contribution in [-0.2, 0) is 6.42 Å². The van der Waals surface area contributed by atoms with Crippen LogP contribution in [0.15, 0.2) is 10.9 Å². The Bertz CT molecular complexity index is 306. The summed E-state index contributed by atoms with van der Waals surface area (Å²) < 4.78 is 0. The van der Waals surface area contributed by atoms with Gasteiger partial charge in [-0.15, -0.1) is 0 Å². The molecule has 2 N–H and O–H groups in total. The predicted molar refractivity (Wildman–Crippen MR) is 47.7 cm³/mol. The van der Waals surface area contributed by atoms with Crippen molar-refractivity contribution in [1.29, 1.82) is 0 Å². The Morgan fingerprint density at radius 2 is 2.33 bits per heavy atom. The van der Waals surface area contributed by atoms with Gasteiger partial charge in [-0.05, 0) is 6.42 Å². The van der Waals surface area contributed by atoms with Crippen LogP contribution in [0.2, 0.25) is 5.15 Å². The number of aromatic amines is 1. The largest absolute Gasteiger partial charge is 0.507 e. The van der Waals surface area contributed by atoms with Gasteiger partial charge in [-0.2, -0.15) is 0 Å². The Morgan fingerprint density at radius 3 is 2.83 bits per heavy atom. The van der Waals surface area contributed by atoms with Crippen molar-refractivity contribution < 1.29 is 5.11 Å². The molecule has 0 aliphatic heterocycles. The number of pyridine rings is 1. The van der Waals surface area contributed by atoms with E-state index in [1.165, 1.54) is 0 Å². The van der Waals surface area contributed by atoms with Crippen LogP contribution in [0.5, 0.6) is 5.75 Å². The lowest BCUT2D eigenvalue weighted by molar-refractivity contribution is 0.466. The van der Waals surface area contributed by atoms with Crippen LogP contribution in [0, 0.1) is 0 Å². The van der Waals surface area contributed by atoms with Crippen LogP contribution in [-0.4, -0.2) is 10.1 Å². The molecule has 0 spiro atoms. The van der Waals surface area contributed by atoms with E-state index >= 15 is 0 Å². The van der Waals surface area contributed by atoms with E-state index < -0.39 is 0 Å². The fourth-order valence-corrected chi connectivity index (χ4v) is 1.32. The van der Waals surface area contributed by atoms with Crippen molar-refractivity contribution in [2.24, 2.45) is 0 Å². The number of H-pyrrole nitrogens is 1. The van der Waals surface area contributed by atoms with E-state index in [0.29, 0.717) is 12.0 Å². The zero-order chi connectivity index (χ0) is 9.14. The Morgan fingerprint density at radius 1 is 1.67 bits per heavy atom. The molecule has 1 aromatic heterocycles. The molecule has 0 atom stereocenters. The fourth-order valence-electron chi connectivity index (χ4n) is 1.03. The molecule has 3 nitrogen and oxygen atoms in total. The molecule has 0 aliphatic carbocycles. The topological polar surface area (TPSA) is 53.1 Å². The summed E-state index contributed by atoms with van der Waals surface area (Å²) in [7, 11) is 0. The van der Waals surface area contributed by atoms with Crippen molar-refractivity contribution >= 4 is 11.6 Å². The van der Waals surface area contributed by atoms with Crippen molar-refractivity contribution in [3.05, 3.63) is 27.1 Å². The van der Waals surface area contributed by atoms with Crippen LogP contribution in [0.4, 0.5) is 0 Å². The Hall–Kier alpha value is -0.960. The first-order chi connectivity index (χ1) is 5.65. The summed E-state index contributed by atoms with van der Waals surface area (Å²) in [5.41, 5.74) is 0.233. The molecule has 0 saturated carbocycles. The van der Waals surface area contributed by atoms with E-state index in [2.05, 4.69) is 4.98 Å². The van der Waals surface area contributed by atoms with Gasteiger partial charge < -0.3 is 10.1 Å². The summed E-state index contributed by atoms with van der Waals surface area (Å²) >= 11 is 5.70. The molecule has 0 bridgehead atoms. The van der Waals surface area contributed by atoms with Crippen molar-refractivity contribution in [2.75, 3.05) is 0 Å². The molecule has 0 amide bonds. The van der Waals surface area contributed by atoms with Crippen molar-refractivity contribution in [3.8, 4) is 5.75 Å². The molecule has 0 saturated heterocycles. The normalized spacial score (nSPS) is 10.2. The average molecular weight is 188 g/mol. The van der Waals surface area contributed by atoms with E-state index in [1.807, 2.05) is 6.92 Å². The van der Waals surface area contributed by atoms with Crippen LogP contribution in [0.25, 0.3) is 0 Å². The molecule has 1 aromatic rings. The van der Waals surface area contributed by atoms with E-state index in [1.54, 1.807) is 0 Å². The molecular weight excluding hydrogens is 178 g/mol. The Kier molecular flexibility index (Phi) is 2.76. The molecule has 0 aromatic carbocycles. The van der Waals surface area contributed by atoms with Crippen molar-refractivity contribution in [1.82, 2.24) is 4.98 Å². The zero-order valence-corrected chi connectivity index (χ0v) is 7.48. The number of nitrogens with one attached hydrogen (secondary N) is 1. The summed E-state index contributed by atoms with van der Waals surface area (Å²) in [6.45, 7) is 1.97. The highest BCUT2D eigenvalue weighted by Crippen LogP contribution is 2.22. The molecule has 0 radical (unpaired) electrons. The van der Waals surface area contributed by atoms with Gasteiger partial charge in [-0.25, -0.2) is 0 Å². The molecule has 0 unspecified atom stereocenters. The van der Waals surface area contributed by atoms with Gasteiger partial charge in [0.1, 0.15) is 10.9 Å². The molecule has 0 aliphatic rings. The minimum Gasteiger partial charge on any atom is -0.507 e. The van der Waals surface area contributed by atoms with Crippen LogP contribution in [0.3, 0.4) is 0 Å². The standard InChI is InChI=1S/C8H10ClNO2/c1-2-3-5-6(11)4-7(12)10-8(5)9/h4H,2-3H2,1H3,(H2,10,11,12). The quantitative estimate of drug-likeness (QED) is 0.693. The fraction of sp³-hybridized carbons (Fsp3) is 0.375. The SMILES string of the molecule is CCCc1c(O)cc(=O)[nH]c1Cl. The van der Waals surface area contributed by atoms with E-state index in [-0.39, 0.29) is 16.5 Å². The smallest absolute Gasteiger partial charge is 0.252 e. The number of halogens is 1. The van der Waals surface area contributed by atoms with Gasteiger partial charge in [0.25, 0.3) is 5.56 Å². The Labute approximate surface area is 75.0 Å². The minimum absolute atomic E-state index is 0.0226. The maximum atomic E-state index is 10.8. The summed E-state index contributed by atoms with van der Waals surface area (Å²) in [4.78, 5) is 13.2. The molecule has 66 valence electrons. The first-order valence-electron chi connectivity index (χ1n) is 3.75. The highest BCUT2D eigenvalue weighted by atomic mass is 35.5. The lowest BCUT2D eigenvalue weighted by Gasteiger charge is -2.03. The van der Waals surface area contributed by atoms with Crippen molar-refractivity contribution in [2.45, 2.75) is 19.8 Å². The summed E-state index contributed by atoms with van der Waals surface area (Å²) in [5, 5.41) is 9.54. The lowest BCUT2D eigenvalue weighted by Crippen LogP contribution is -2.05. The van der Waals surface area contributed by atoms with E-state index in [0.717, 1.165) is 12.5 Å². The number of aromatic nitrogens is 1. The number of hydrogen-bond donors (Lipinski definition) is 2. The predicted octanol–water partition coefficient (Wildman–Crippen LogP) is 1.69. The molecule has 0 fully saturated rings. The van der Waals surface area contributed by atoms with Gasteiger partial charge in [0.05, 0.1) is 0 Å². The van der Waals surface area contributed by atoms with Gasteiger partial charge in [0.2, 0.25) is 0 Å². The zero-order valence-electron chi connectivity index (χ0n) is 6.72. The lowest BCUT2D eigenvalue weighted by atomic mass is 10.1. The van der Waals surface area contributed by atoms with Crippen molar-refractivity contribution in [3.63, 3.8) is 0 Å². The maximum absolute atomic E-state index is 10.8. The molecule has 12 heavy (non-hydrogen) atoms. The van der Waals surface area contributed by atoms with Crippen LogP contribution >= 0.6 is 11.6 Å². The first kappa shape index (κ1) is 9.13. The highest BCUT2D eigenvalue weighted by Gasteiger charge is 2.06. The number of rotatable bonds is 2. The van der Waals surface area contributed by atoms with E-state index in [4.69, 9.17) is 11.6 Å². The summed E-state index contributed by atoms with van der Waals surface area (Å²) in [6, 6.07) is 1.14. The van der Waals surface area contributed by atoms with Gasteiger partial charge in [0, 0.05) is 11.6 Å². The third-order valence-corrected chi connectivity index (χ3v) is 1.90. The average Bonchev–Trinajstić information content (AvgIpc) is 1.96. The van der Waals surface area contributed by atoms with E-state index in [9.17, 15) is 9.90 Å². The second kappa shape index (κ2) is 3.63. The molecule has 1 rings (SSSR count). The first-order valence-corrected chi connectivity index (χ1v) is 4.13. The van der Waals surface area contributed by atoms with Gasteiger partial charge >= 0.3 is 0 Å². The minimum atomic E-state index is -0.377. The number of hydrogen-bond acceptors (Lipinski definition) is 2. The Balaban J connectivity index is 3.18. The second-order valence-electron chi connectivity index (χ2n) is 2.56. The highest BCUT2D eigenvalue weighted by molar-refractivity contribution is 6.30. The third kappa shape index (κ3) is 1.80. The number of aromatic hydroxyl groups is 1. The molecule has 4 heteroatoms. The van der Waals surface area contributed by atoms with Gasteiger partial charge in [-0.3, -0.25) is 4.79 Å². The second-order valence-corrected chi connectivity index (χ2v) is 2.94. The third-order valence-electron chi connectivity index (χ3n) is 1.57. The summed E-state index contributed by atoms with van der Waals surface area (Å²) in [6.07, 6.45) is 1.54. The maximum Gasteiger partial charge on any atom is 0.252 e. The molecule has 1 heterocycles. The molecular formula is C8H10ClNO2. The summed E-state index contributed by atoms with van der Waals surface area (Å²) in [5.74, 6) is -0.0226.